The smallest absolute Gasteiger partial charge is 0.311 e. The molecule has 0 radical (unpaired) electrons. The van der Waals surface area contributed by atoms with Crippen molar-refractivity contribution >= 4 is 17.7 Å². The fraction of sp³-hybridized carbons (Fsp3) is 0.875. The third kappa shape index (κ3) is 1.05. The Balaban J connectivity index is 2.15. The van der Waals surface area contributed by atoms with Crippen LogP contribution in [0.4, 0.5) is 0 Å². The van der Waals surface area contributed by atoms with Gasteiger partial charge in [0.2, 0.25) is 0 Å². The lowest BCUT2D eigenvalue weighted by Gasteiger charge is -2.17. The van der Waals surface area contributed by atoms with E-state index in [1.54, 1.807) is 0 Å². The first kappa shape index (κ1) is 8.38. The highest BCUT2D eigenvalue weighted by Gasteiger charge is 2.59. The summed E-state index contributed by atoms with van der Waals surface area (Å²) in [6, 6.07) is 0.00458. The molecule has 1 spiro atoms. The molecule has 0 aromatic heterocycles. The van der Waals surface area contributed by atoms with Crippen molar-refractivity contribution in [2.45, 2.75) is 23.6 Å². The zero-order chi connectivity index (χ0) is 8.77. The predicted molar refractivity (Wildman–Crippen MR) is 47.9 cm³/mol. The van der Waals surface area contributed by atoms with Crippen LogP contribution in [-0.2, 0) is 9.53 Å². The standard InChI is InChI=1S/C8H13NO2S/c1-11-7(10)6-5(9)4-12-8(6)2-3-8/h5-6H,2-4,9H2,1H3. The molecule has 2 aliphatic rings. The first-order valence-corrected chi connectivity index (χ1v) is 5.15. The number of nitrogens with two attached hydrogens (primary N) is 1. The molecule has 0 amide bonds. The van der Waals surface area contributed by atoms with Crippen molar-refractivity contribution in [1.29, 1.82) is 0 Å². The minimum absolute atomic E-state index is 0.00458. The maximum absolute atomic E-state index is 11.4. The Hall–Kier alpha value is -0.220. The molecule has 1 heterocycles. The van der Waals surface area contributed by atoms with Gasteiger partial charge in [-0.25, -0.2) is 0 Å². The molecule has 4 heteroatoms. The average Bonchev–Trinajstić information content (AvgIpc) is 2.74. The Bertz CT molecular complexity index is 215. The first-order chi connectivity index (χ1) is 5.69. The molecule has 0 aromatic rings. The van der Waals surface area contributed by atoms with Crippen molar-refractivity contribution in [3.8, 4) is 0 Å². The minimum Gasteiger partial charge on any atom is -0.469 e. The topological polar surface area (TPSA) is 52.3 Å². The Kier molecular flexibility index (Phi) is 1.84. The SMILES string of the molecule is COC(=O)C1C(N)CSC12CC2. The van der Waals surface area contributed by atoms with Gasteiger partial charge in [-0.05, 0) is 12.8 Å². The second-order valence-electron chi connectivity index (χ2n) is 3.54. The lowest BCUT2D eigenvalue weighted by Crippen LogP contribution is -2.38. The van der Waals surface area contributed by atoms with E-state index >= 15 is 0 Å². The number of carbonyl (C=O) groups is 1. The second-order valence-corrected chi connectivity index (χ2v) is 4.98. The van der Waals surface area contributed by atoms with Gasteiger partial charge in [-0.15, -0.1) is 0 Å². The van der Waals surface area contributed by atoms with Crippen molar-refractivity contribution in [3.05, 3.63) is 0 Å². The summed E-state index contributed by atoms with van der Waals surface area (Å²) >= 11 is 1.84. The molecule has 2 fully saturated rings. The number of thioether (sulfide) groups is 1. The summed E-state index contributed by atoms with van der Waals surface area (Å²) < 4.78 is 4.92. The van der Waals surface area contributed by atoms with Gasteiger partial charge in [0.05, 0.1) is 13.0 Å². The van der Waals surface area contributed by atoms with Crippen molar-refractivity contribution in [2.24, 2.45) is 11.7 Å². The molecule has 12 heavy (non-hydrogen) atoms. The summed E-state index contributed by atoms with van der Waals surface area (Å²) in [6.07, 6.45) is 2.26. The number of hydrogen-bond acceptors (Lipinski definition) is 4. The van der Waals surface area contributed by atoms with Gasteiger partial charge in [-0.2, -0.15) is 11.8 Å². The van der Waals surface area contributed by atoms with Crippen LogP contribution in [0.3, 0.4) is 0 Å². The van der Waals surface area contributed by atoms with Gasteiger partial charge >= 0.3 is 5.97 Å². The molecular formula is C8H13NO2S. The molecule has 1 aliphatic heterocycles. The third-order valence-electron chi connectivity index (χ3n) is 2.76. The fourth-order valence-corrected chi connectivity index (χ4v) is 3.49. The molecule has 1 saturated carbocycles. The zero-order valence-corrected chi connectivity index (χ0v) is 7.89. The fourth-order valence-electron chi connectivity index (χ4n) is 1.93. The second kappa shape index (κ2) is 2.64. The van der Waals surface area contributed by atoms with Crippen molar-refractivity contribution in [3.63, 3.8) is 0 Å². The summed E-state index contributed by atoms with van der Waals surface area (Å²) in [7, 11) is 1.44. The van der Waals surface area contributed by atoms with E-state index in [0.717, 1.165) is 18.6 Å². The molecule has 2 rings (SSSR count). The molecule has 0 aromatic carbocycles. The number of hydrogen-bond donors (Lipinski definition) is 1. The van der Waals surface area contributed by atoms with Gasteiger partial charge in [0, 0.05) is 16.5 Å². The lowest BCUT2D eigenvalue weighted by atomic mass is 9.96. The third-order valence-corrected chi connectivity index (χ3v) is 4.54. The van der Waals surface area contributed by atoms with Crippen LogP contribution in [-0.4, -0.2) is 29.6 Å². The number of carbonyl (C=O) groups excluding carboxylic acids is 1. The van der Waals surface area contributed by atoms with E-state index in [-0.39, 0.29) is 22.7 Å². The molecule has 1 aliphatic carbocycles. The van der Waals surface area contributed by atoms with E-state index in [9.17, 15) is 4.79 Å². The number of ether oxygens (including phenoxy) is 1. The molecule has 3 nitrogen and oxygen atoms in total. The Morgan fingerprint density at radius 3 is 2.83 bits per heavy atom. The maximum atomic E-state index is 11.4. The van der Waals surface area contributed by atoms with Crippen molar-refractivity contribution in [2.75, 3.05) is 12.9 Å². The summed E-state index contributed by atoms with van der Waals surface area (Å²) in [5.74, 6) is 0.734. The van der Waals surface area contributed by atoms with Gasteiger partial charge in [0.15, 0.2) is 0 Å². The largest absolute Gasteiger partial charge is 0.469 e. The van der Waals surface area contributed by atoms with Crippen LogP contribution in [0.25, 0.3) is 0 Å². The first-order valence-electron chi connectivity index (χ1n) is 4.17. The van der Waals surface area contributed by atoms with Crippen LogP contribution >= 0.6 is 11.8 Å². The normalized spacial score (nSPS) is 36.8. The van der Waals surface area contributed by atoms with Crippen LogP contribution in [0.1, 0.15) is 12.8 Å². The van der Waals surface area contributed by atoms with Crippen LogP contribution in [0, 0.1) is 5.92 Å². The molecule has 2 unspecified atom stereocenters. The van der Waals surface area contributed by atoms with Crippen LogP contribution < -0.4 is 5.73 Å². The minimum atomic E-state index is -0.120. The molecule has 2 atom stereocenters. The van der Waals surface area contributed by atoms with Gasteiger partial charge in [0.1, 0.15) is 0 Å². The summed E-state index contributed by atoms with van der Waals surface area (Å²) in [4.78, 5) is 11.4. The van der Waals surface area contributed by atoms with Crippen molar-refractivity contribution in [1.82, 2.24) is 0 Å². The molecule has 68 valence electrons. The summed E-state index contributed by atoms with van der Waals surface area (Å²) in [5.41, 5.74) is 5.85. The van der Waals surface area contributed by atoms with Crippen LogP contribution in [0.5, 0.6) is 0 Å². The Morgan fingerprint density at radius 1 is 1.67 bits per heavy atom. The van der Waals surface area contributed by atoms with Crippen molar-refractivity contribution < 1.29 is 9.53 Å². The monoisotopic (exact) mass is 187 g/mol. The van der Waals surface area contributed by atoms with Gasteiger partial charge < -0.3 is 10.5 Å². The molecule has 2 N–H and O–H groups in total. The van der Waals surface area contributed by atoms with E-state index in [1.165, 1.54) is 7.11 Å². The highest BCUT2D eigenvalue weighted by Crippen LogP contribution is 2.59. The van der Waals surface area contributed by atoms with Gasteiger partial charge in [-0.3, -0.25) is 4.79 Å². The van der Waals surface area contributed by atoms with E-state index in [0.29, 0.717) is 0 Å². The van der Waals surface area contributed by atoms with E-state index < -0.39 is 0 Å². The summed E-state index contributed by atoms with van der Waals surface area (Å²) in [5, 5.41) is 0. The van der Waals surface area contributed by atoms with Gasteiger partial charge in [0.25, 0.3) is 0 Å². The van der Waals surface area contributed by atoms with E-state index in [2.05, 4.69) is 0 Å². The maximum Gasteiger partial charge on any atom is 0.311 e. The Morgan fingerprint density at radius 2 is 2.33 bits per heavy atom. The molecule has 1 saturated heterocycles. The van der Waals surface area contributed by atoms with Crippen LogP contribution in [0.15, 0.2) is 0 Å². The number of rotatable bonds is 1. The van der Waals surface area contributed by atoms with Gasteiger partial charge in [-0.1, -0.05) is 0 Å². The molecular weight excluding hydrogens is 174 g/mol. The highest BCUT2D eigenvalue weighted by atomic mass is 32.2. The van der Waals surface area contributed by atoms with E-state index in [4.69, 9.17) is 10.5 Å². The molecule has 0 bridgehead atoms. The quantitative estimate of drug-likeness (QED) is 0.603. The Labute approximate surface area is 76.0 Å². The lowest BCUT2D eigenvalue weighted by molar-refractivity contribution is -0.145. The highest BCUT2D eigenvalue weighted by molar-refractivity contribution is 8.01. The number of methoxy groups -OCH3 is 1. The average molecular weight is 187 g/mol. The van der Waals surface area contributed by atoms with E-state index in [1.807, 2.05) is 11.8 Å². The summed E-state index contributed by atoms with van der Waals surface area (Å²) in [6.45, 7) is 0. The zero-order valence-electron chi connectivity index (χ0n) is 7.08. The van der Waals surface area contributed by atoms with Crippen LogP contribution in [0.2, 0.25) is 0 Å². The predicted octanol–water partition coefficient (Wildman–Crippen LogP) is 0.382. The number of esters is 1.